The zero-order valence-electron chi connectivity index (χ0n) is 9.58. The molecule has 1 rings (SSSR count). The number of amides is 1. The van der Waals surface area contributed by atoms with Crippen LogP contribution >= 0.6 is 0 Å². The molecule has 0 aromatic carbocycles. The molecule has 4 nitrogen and oxygen atoms in total. The Balaban J connectivity index is 2.21. The molecule has 1 aliphatic rings. The van der Waals surface area contributed by atoms with Crippen molar-refractivity contribution in [2.75, 3.05) is 19.7 Å². The van der Waals surface area contributed by atoms with E-state index in [1.807, 2.05) is 4.90 Å². The van der Waals surface area contributed by atoms with Gasteiger partial charge < -0.3 is 9.74 Å². The van der Waals surface area contributed by atoms with Crippen LogP contribution in [0.25, 0.3) is 0 Å². The zero-order chi connectivity index (χ0) is 11.1. The first-order chi connectivity index (χ1) is 7.27. The first-order valence-electron chi connectivity index (χ1n) is 5.87. The van der Waals surface area contributed by atoms with E-state index in [4.69, 9.17) is 5.90 Å². The maximum atomic E-state index is 11.7. The van der Waals surface area contributed by atoms with Gasteiger partial charge in [-0.05, 0) is 25.2 Å². The topological polar surface area (TPSA) is 55.6 Å². The monoisotopic (exact) mass is 214 g/mol. The normalized spacial score (nSPS) is 18.1. The highest BCUT2D eigenvalue weighted by molar-refractivity contribution is 5.76. The van der Waals surface area contributed by atoms with E-state index >= 15 is 0 Å². The lowest BCUT2D eigenvalue weighted by Gasteiger charge is -2.31. The molecule has 2 N–H and O–H groups in total. The molecule has 0 atom stereocenters. The maximum absolute atomic E-state index is 11.7. The molecular formula is C11H22N2O2. The molecule has 0 aromatic rings. The van der Waals surface area contributed by atoms with E-state index in [-0.39, 0.29) is 0 Å². The minimum atomic E-state index is 0.309. The van der Waals surface area contributed by atoms with E-state index in [1.54, 1.807) is 0 Å². The van der Waals surface area contributed by atoms with E-state index in [0.29, 0.717) is 24.9 Å². The van der Waals surface area contributed by atoms with Gasteiger partial charge in [0.25, 0.3) is 0 Å². The highest BCUT2D eigenvalue weighted by Crippen LogP contribution is 2.18. The summed E-state index contributed by atoms with van der Waals surface area (Å²) in [7, 11) is 0. The summed E-state index contributed by atoms with van der Waals surface area (Å²) < 4.78 is 0. The number of hydrogen-bond acceptors (Lipinski definition) is 3. The second kappa shape index (κ2) is 6.80. The number of carbonyl (C=O) groups excluding carboxylic acids is 1. The van der Waals surface area contributed by atoms with Gasteiger partial charge >= 0.3 is 0 Å². The molecule has 0 aliphatic carbocycles. The number of carbonyl (C=O) groups is 1. The predicted octanol–water partition coefficient (Wildman–Crippen LogP) is 1.31. The van der Waals surface area contributed by atoms with Crippen LogP contribution in [-0.4, -0.2) is 30.5 Å². The van der Waals surface area contributed by atoms with Crippen molar-refractivity contribution in [1.82, 2.24) is 4.90 Å². The Labute approximate surface area is 91.7 Å². The molecule has 1 fully saturated rings. The van der Waals surface area contributed by atoms with E-state index in [9.17, 15) is 4.79 Å². The van der Waals surface area contributed by atoms with Gasteiger partial charge in [0.15, 0.2) is 0 Å². The summed E-state index contributed by atoms with van der Waals surface area (Å²) in [4.78, 5) is 18.3. The third-order valence-corrected chi connectivity index (χ3v) is 3.04. The first-order valence-corrected chi connectivity index (χ1v) is 5.87. The van der Waals surface area contributed by atoms with E-state index in [0.717, 1.165) is 38.8 Å². The summed E-state index contributed by atoms with van der Waals surface area (Å²) in [5.41, 5.74) is 0. The van der Waals surface area contributed by atoms with Crippen molar-refractivity contribution in [3.05, 3.63) is 0 Å². The van der Waals surface area contributed by atoms with Gasteiger partial charge in [-0.2, -0.15) is 0 Å². The summed E-state index contributed by atoms with van der Waals surface area (Å²) in [5, 5.41) is 0. The standard InChI is InChI=1S/C11H22N2O2/c1-2-3-4-11(14)13-7-5-10(6-8-13)9-15-12/h10H,2-9,12H2,1H3. The molecule has 1 aliphatic heterocycles. The van der Waals surface area contributed by atoms with Crippen LogP contribution in [0.5, 0.6) is 0 Å². The van der Waals surface area contributed by atoms with Crippen LogP contribution in [0.15, 0.2) is 0 Å². The smallest absolute Gasteiger partial charge is 0.222 e. The first kappa shape index (κ1) is 12.5. The lowest BCUT2D eigenvalue weighted by Crippen LogP contribution is -2.39. The number of rotatable bonds is 5. The van der Waals surface area contributed by atoms with E-state index in [1.165, 1.54) is 0 Å². The Morgan fingerprint density at radius 1 is 1.47 bits per heavy atom. The highest BCUT2D eigenvalue weighted by Gasteiger charge is 2.22. The molecule has 15 heavy (non-hydrogen) atoms. The Hall–Kier alpha value is -0.610. The summed E-state index contributed by atoms with van der Waals surface area (Å²) in [6.45, 7) is 4.47. The van der Waals surface area contributed by atoms with Gasteiger partial charge in [-0.3, -0.25) is 4.79 Å². The van der Waals surface area contributed by atoms with Crippen LogP contribution in [0.4, 0.5) is 0 Å². The third-order valence-electron chi connectivity index (χ3n) is 3.04. The molecule has 1 heterocycles. The van der Waals surface area contributed by atoms with Gasteiger partial charge in [0, 0.05) is 19.5 Å². The van der Waals surface area contributed by atoms with Gasteiger partial charge in [-0.15, -0.1) is 0 Å². The van der Waals surface area contributed by atoms with Gasteiger partial charge in [-0.25, -0.2) is 5.90 Å². The van der Waals surface area contributed by atoms with Crippen molar-refractivity contribution in [1.29, 1.82) is 0 Å². The number of nitrogens with two attached hydrogens (primary N) is 1. The average Bonchev–Trinajstić information content (AvgIpc) is 2.27. The fourth-order valence-corrected chi connectivity index (χ4v) is 1.97. The van der Waals surface area contributed by atoms with E-state index in [2.05, 4.69) is 11.8 Å². The predicted molar refractivity (Wildman–Crippen MR) is 59.0 cm³/mol. The molecule has 0 bridgehead atoms. The third kappa shape index (κ3) is 4.18. The van der Waals surface area contributed by atoms with Crippen molar-refractivity contribution < 1.29 is 9.63 Å². The molecule has 0 unspecified atom stereocenters. The van der Waals surface area contributed by atoms with Crippen molar-refractivity contribution in [2.24, 2.45) is 11.8 Å². The van der Waals surface area contributed by atoms with Crippen LogP contribution in [-0.2, 0) is 9.63 Å². The maximum Gasteiger partial charge on any atom is 0.222 e. The fourth-order valence-electron chi connectivity index (χ4n) is 1.97. The van der Waals surface area contributed by atoms with Crippen molar-refractivity contribution in [2.45, 2.75) is 39.0 Å². The molecule has 0 saturated carbocycles. The Kier molecular flexibility index (Phi) is 5.65. The SMILES string of the molecule is CCCCC(=O)N1CCC(CON)CC1. The lowest BCUT2D eigenvalue weighted by atomic mass is 9.97. The summed E-state index contributed by atoms with van der Waals surface area (Å²) in [5.74, 6) is 5.88. The highest BCUT2D eigenvalue weighted by atomic mass is 16.6. The Bertz CT molecular complexity index is 189. The van der Waals surface area contributed by atoms with Gasteiger partial charge in [0.05, 0.1) is 6.61 Å². The van der Waals surface area contributed by atoms with Crippen LogP contribution in [0.2, 0.25) is 0 Å². The van der Waals surface area contributed by atoms with Crippen molar-refractivity contribution >= 4 is 5.91 Å². The minimum absolute atomic E-state index is 0.309. The average molecular weight is 214 g/mol. The molecule has 4 heteroatoms. The quantitative estimate of drug-likeness (QED) is 0.702. The van der Waals surface area contributed by atoms with Crippen LogP contribution in [0, 0.1) is 5.92 Å². The van der Waals surface area contributed by atoms with Crippen molar-refractivity contribution in [3.63, 3.8) is 0 Å². The van der Waals surface area contributed by atoms with E-state index < -0.39 is 0 Å². The summed E-state index contributed by atoms with van der Waals surface area (Å²) >= 11 is 0. The number of unbranched alkanes of at least 4 members (excludes halogenated alkanes) is 1. The summed E-state index contributed by atoms with van der Waals surface area (Å²) in [6, 6.07) is 0. The molecular weight excluding hydrogens is 192 g/mol. The lowest BCUT2D eigenvalue weighted by molar-refractivity contribution is -0.133. The second-order valence-electron chi connectivity index (χ2n) is 4.26. The fraction of sp³-hybridized carbons (Fsp3) is 0.909. The molecule has 1 saturated heterocycles. The Morgan fingerprint density at radius 3 is 2.67 bits per heavy atom. The zero-order valence-corrected chi connectivity index (χ0v) is 9.58. The molecule has 0 spiro atoms. The number of piperidine rings is 1. The molecule has 0 aromatic heterocycles. The minimum Gasteiger partial charge on any atom is -0.343 e. The molecule has 88 valence electrons. The second-order valence-corrected chi connectivity index (χ2v) is 4.26. The van der Waals surface area contributed by atoms with Gasteiger partial charge in [0.1, 0.15) is 0 Å². The number of likely N-dealkylation sites (tertiary alicyclic amines) is 1. The van der Waals surface area contributed by atoms with Crippen LogP contribution in [0.1, 0.15) is 39.0 Å². The molecule has 0 radical (unpaired) electrons. The summed E-state index contributed by atoms with van der Waals surface area (Å²) in [6.07, 6.45) is 4.84. The Morgan fingerprint density at radius 2 is 2.13 bits per heavy atom. The van der Waals surface area contributed by atoms with Gasteiger partial charge in [0.2, 0.25) is 5.91 Å². The number of nitrogens with zero attached hydrogens (tertiary/aromatic N) is 1. The number of hydrogen-bond donors (Lipinski definition) is 1. The van der Waals surface area contributed by atoms with Gasteiger partial charge in [-0.1, -0.05) is 13.3 Å². The van der Waals surface area contributed by atoms with Crippen molar-refractivity contribution in [3.8, 4) is 0 Å². The largest absolute Gasteiger partial charge is 0.343 e. The van der Waals surface area contributed by atoms with Crippen LogP contribution < -0.4 is 5.90 Å². The van der Waals surface area contributed by atoms with Crippen LogP contribution in [0.3, 0.4) is 0 Å². The molecule has 1 amide bonds.